The maximum Gasteiger partial charge on any atom is 0.305 e. The molecule has 1 aliphatic rings. The van der Waals surface area contributed by atoms with E-state index in [0.717, 1.165) is 22.7 Å². The predicted molar refractivity (Wildman–Crippen MR) is 253 cm³/mol. The number of carbonyl (C=O) groups is 11. The van der Waals surface area contributed by atoms with Gasteiger partial charge in [-0.3, -0.25) is 52.7 Å². The summed E-state index contributed by atoms with van der Waals surface area (Å²) in [5.74, 6) is -12.2. The van der Waals surface area contributed by atoms with Crippen molar-refractivity contribution < 1.29 is 78.3 Å². The van der Waals surface area contributed by atoms with E-state index in [4.69, 9.17) is 16.6 Å². The molecule has 0 aliphatic carbocycles. The maximum absolute atomic E-state index is 13.8. The number of carbonyl (C=O) groups excluding carboxylic acids is 10. The van der Waals surface area contributed by atoms with E-state index in [1.54, 1.807) is 30.5 Å². The number of primary amides is 1. The van der Waals surface area contributed by atoms with E-state index in [2.05, 4.69) is 72.8 Å². The molecule has 3 rings (SSSR count). The first kappa shape index (κ1) is 58.7. The topological polar surface area (TPSA) is 456 Å². The van der Waals surface area contributed by atoms with Crippen LogP contribution in [0, 0.1) is 0 Å². The van der Waals surface area contributed by atoms with Gasteiger partial charge in [0.1, 0.15) is 48.3 Å². The highest BCUT2D eigenvalue weighted by molar-refractivity contribution is 7.80. The number of fused-ring (bicyclic) bond motifs is 1. The third-order valence-electron chi connectivity index (χ3n) is 10.9. The minimum atomic E-state index is -1.76. The maximum atomic E-state index is 13.8. The molecule has 10 amide bonds. The fourth-order valence-corrected chi connectivity index (χ4v) is 7.53. The Hall–Kier alpha value is -6.57. The Bertz CT molecular complexity index is 2270. The number of thiol groups is 2. The van der Waals surface area contributed by atoms with Crippen LogP contribution >= 0.6 is 25.3 Å². The minimum Gasteiger partial charge on any atom is -0.481 e. The molecule has 71 heavy (non-hydrogen) atoms. The Labute approximate surface area is 415 Å². The van der Waals surface area contributed by atoms with Crippen LogP contribution in [0.2, 0.25) is 0 Å². The number of aliphatic hydroxyl groups excluding tert-OH is 4. The van der Waals surface area contributed by atoms with Crippen LogP contribution in [0.3, 0.4) is 0 Å². The number of carboxylic acid groups (broad SMARTS) is 1. The monoisotopic (exact) mass is 1040 g/mol. The van der Waals surface area contributed by atoms with Crippen molar-refractivity contribution in [3.05, 3.63) is 36.0 Å². The standard InChI is InChI=1S/C41H60N12O16S2/c1-18(57)32(52-37(65)26(15-56)49-38(66)27(16-70)50-34(62)21(42)10-31(59)60)41(69)53-8-4-7-29(53)40(68)51-28(17-71)39(67)48-24(13-54)35(63)45-12-30(58)46-25(14-55)36(64)47-23(33(43)61)9-19-11-44-22-6-3-2-5-20(19)22/h2-3,5-6,11,18,21,23-29,32,44,54-57,70-71H,4,7-10,12-17,42H2,1H3,(H2,43,61)(H,45,63)(H,46,58)(H,47,64)(H,48,67)(H,49,66)(H,50,62)(H,51,68)(H,52,65)(H,59,60). The third-order valence-corrected chi connectivity index (χ3v) is 11.6. The van der Waals surface area contributed by atoms with E-state index < -0.39 is 158 Å². The van der Waals surface area contributed by atoms with Gasteiger partial charge in [0.05, 0.1) is 44.9 Å². The molecular weight excluding hydrogens is 981 g/mol. The summed E-state index contributed by atoms with van der Waals surface area (Å²) in [4.78, 5) is 145. The number of nitrogens with zero attached hydrogens (tertiary/aromatic N) is 1. The molecule has 30 heteroatoms. The number of H-pyrrole nitrogens is 1. The van der Waals surface area contributed by atoms with Crippen molar-refractivity contribution in [3.63, 3.8) is 0 Å². The Morgan fingerprint density at radius 3 is 1.82 bits per heavy atom. The number of benzene rings is 1. The molecular formula is C41H60N12O16S2. The second kappa shape index (κ2) is 28.3. The van der Waals surface area contributed by atoms with Gasteiger partial charge in [0, 0.05) is 41.6 Å². The van der Waals surface area contributed by atoms with Crippen LogP contribution < -0.4 is 54.0 Å². The Morgan fingerprint density at radius 1 is 0.732 bits per heavy atom. The van der Waals surface area contributed by atoms with Crippen LogP contribution in [0.1, 0.15) is 31.7 Å². The van der Waals surface area contributed by atoms with E-state index in [9.17, 15) is 73.2 Å². The molecule has 1 saturated heterocycles. The van der Waals surface area contributed by atoms with Crippen molar-refractivity contribution in [2.45, 2.75) is 93.1 Å². The Morgan fingerprint density at radius 2 is 1.25 bits per heavy atom. The van der Waals surface area contributed by atoms with Crippen LogP contribution in [-0.4, -0.2) is 205 Å². The zero-order valence-corrected chi connectivity index (χ0v) is 40.0. The van der Waals surface area contributed by atoms with Crippen molar-refractivity contribution in [3.8, 4) is 0 Å². The summed E-state index contributed by atoms with van der Waals surface area (Å²) in [6, 6.07) is -6.64. The predicted octanol–water partition coefficient (Wildman–Crippen LogP) is -8.28. The van der Waals surface area contributed by atoms with Gasteiger partial charge in [0.25, 0.3) is 0 Å². The van der Waals surface area contributed by atoms with E-state index in [0.29, 0.717) is 5.56 Å². The summed E-state index contributed by atoms with van der Waals surface area (Å²) in [5.41, 5.74) is 12.5. The van der Waals surface area contributed by atoms with Crippen molar-refractivity contribution in [2.24, 2.45) is 11.5 Å². The Balaban J connectivity index is 1.56. The van der Waals surface area contributed by atoms with E-state index >= 15 is 0 Å². The molecule has 2 heterocycles. The number of nitrogens with one attached hydrogen (secondary N) is 9. The number of aliphatic carboxylic acids is 1. The largest absolute Gasteiger partial charge is 0.481 e. The number of hydrogen-bond acceptors (Lipinski definition) is 18. The first-order chi connectivity index (χ1) is 33.6. The summed E-state index contributed by atoms with van der Waals surface area (Å²) >= 11 is 8.07. The smallest absolute Gasteiger partial charge is 0.305 e. The summed E-state index contributed by atoms with van der Waals surface area (Å²) in [6.07, 6.45) is -0.472. The van der Waals surface area contributed by atoms with E-state index in [1.165, 1.54) is 0 Å². The van der Waals surface area contributed by atoms with Gasteiger partial charge in [-0.1, -0.05) is 18.2 Å². The molecule has 1 aromatic carbocycles. The fraction of sp³-hybridized carbons (Fsp3) is 0.537. The average molecular weight is 1040 g/mol. The number of aromatic nitrogens is 1. The molecule has 10 atom stereocenters. The number of aliphatic hydroxyl groups is 4. The molecule has 18 N–H and O–H groups in total. The van der Waals surface area contributed by atoms with Gasteiger partial charge >= 0.3 is 5.97 Å². The number of hydrogen-bond donors (Lipinski definition) is 18. The molecule has 10 unspecified atom stereocenters. The summed E-state index contributed by atoms with van der Waals surface area (Å²) < 4.78 is 0. The molecule has 1 fully saturated rings. The van der Waals surface area contributed by atoms with Gasteiger partial charge in [0.15, 0.2) is 0 Å². The molecule has 1 aromatic heterocycles. The number of likely N-dealkylation sites (tertiary alicyclic amines) is 1. The lowest BCUT2D eigenvalue weighted by Crippen LogP contribution is -2.62. The van der Waals surface area contributed by atoms with Crippen LogP contribution in [0.25, 0.3) is 10.9 Å². The SMILES string of the molecule is CC(O)C(NC(=O)C(CO)NC(=O)C(CS)NC(=O)C(N)CC(=O)O)C(=O)N1CCCC1C(=O)NC(CS)C(=O)NC(CO)C(=O)NCC(=O)NC(CO)C(=O)NC(Cc1c[nH]c2ccccc12)C(N)=O. The minimum absolute atomic E-state index is 0.0225. The molecule has 0 saturated carbocycles. The highest BCUT2D eigenvalue weighted by Crippen LogP contribution is 2.21. The zero-order valence-electron chi connectivity index (χ0n) is 38.2. The first-order valence-electron chi connectivity index (χ1n) is 21.8. The molecule has 2 aromatic rings. The second-order valence-electron chi connectivity index (χ2n) is 16.1. The lowest BCUT2D eigenvalue weighted by Gasteiger charge is -2.31. The van der Waals surface area contributed by atoms with Crippen LogP contribution in [-0.2, 0) is 59.2 Å². The number of amides is 10. The van der Waals surface area contributed by atoms with Crippen molar-refractivity contribution in [1.29, 1.82) is 0 Å². The zero-order chi connectivity index (χ0) is 53.1. The fourth-order valence-electron chi connectivity index (χ4n) is 7.02. The van der Waals surface area contributed by atoms with Gasteiger partial charge in [-0.15, -0.1) is 0 Å². The summed E-state index contributed by atoms with van der Waals surface area (Å²) in [6.45, 7) is -2.73. The second-order valence-corrected chi connectivity index (χ2v) is 16.9. The van der Waals surface area contributed by atoms with Gasteiger partial charge in [-0.2, -0.15) is 25.3 Å². The molecule has 392 valence electrons. The van der Waals surface area contributed by atoms with Crippen molar-refractivity contribution in [1.82, 2.24) is 52.4 Å². The Kier molecular flexibility index (Phi) is 23.4. The lowest BCUT2D eigenvalue weighted by molar-refractivity contribution is -0.145. The molecule has 1 aliphatic heterocycles. The average Bonchev–Trinajstić information content (AvgIpc) is 4.00. The molecule has 28 nitrogen and oxygen atoms in total. The van der Waals surface area contributed by atoms with Crippen molar-refractivity contribution >= 4 is 101 Å². The molecule has 0 radical (unpaired) electrons. The summed E-state index contributed by atoms with van der Waals surface area (Å²) in [7, 11) is 0. The number of para-hydroxylation sites is 1. The first-order valence-corrected chi connectivity index (χ1v) is 23.1. The normalized spacial score (nSPS) is 17.1. The van der Waals surface area contributed by atoms with Gasteiger partial charge in [-0.25, -0.2) is 0 Å². The van der Waals surface area contributed by atoms with Gasteiger partial charge < -0.3 is 89.4 Å². The summed E-state index contributed by atoms with van der Waals surface area (Å²) in [5, 5.41) is 67.8. The van der Waals surface area contributed by atoms with Crippen LogP contribution in [0.4, 0.5) is 0 Å². The van der Waals surface area contributed by atoms with E-state index in [1.807, 2.05) is 0 Å². The molecule has 0 spiro atoms. The van der Waals surface area contributed by atoms with Gasteiger partial charge in [-0.05, 0) is 31.4 Å². The number of carboxylic acids is 1. The van der Waals surface area contributed by atoms with E-state index in [-0.39, 0.29) is 37.3 Å². The van der Waals surface area contributed by atoms with Gasteiger partial charge in [0.2, 0.25) is 59.1 Å². The number of aromatic amines is 1. The number of nitrogens with two attached hydrogens (primary N) is 2. The lowest BCUT2D eigenvalue weighted by atomic mass is 10.0. The van der Waals surface area contributed by atoms with Crippen LogP contribution in [0.5, 0.6) is 0 Å². The molecule has 0 bridgehead atoms. The highest BCUT2D eigenvalue weighted by atomic mass is 32.1. The number of rotatable bonds is 28. The van der Waals surface area contributed by atoms with Crippen molar-refractivity contribution in [2.75, 3.05) is 44.4 Å². The third kappa shape index (κ3) is 17.1. The quantitative estimate of drug-likeness (QED) is 0.0352. The van der Waals surface area contributed by atoms with Crippen LogP contribution in [0.15, 0.2) is 30.5 Å². The highest BCUT2D eigenvalue weighted by Gasteiger charge is 2.41.